The molecule has 0 aliphatic carbocycles. The van der Waals surface area contributed by atoms with Crippen molar-refractivity contribution in [3.8, 4) is 0 Å². The van der Waals surface area contributed by atoms with Crippen LogP contribution < -0.4 is 10.2 Å². The van der Waals surface area contributed by atoms with Gasteiger partial charge in [0, 0.05) is 25.8 Å². The SMILES string of the molecule is CNC(=O)c1cc(C)nc(N(CCO)Cc2ccc(C(F)(F)F)cc2)n1. The molecule has 0 unspecified atom stereocenters. The average molecular weight is 368 g/mol. The predicted octanol–water partition coefficient (Wildman–Crippen LogP) is 2.16. The second kappa shape index (κ2) is 8.13. The normalized spacial score (nSPS) is 11.3. The van der Waals surface area contributed by atoms with Gasteiger partial charge in [0.15, 0.2) is 0 Å². The lowest BCUT2D eigenvalue weighted by atomic mass is 10.1. The summed E-state index contributed by atoms with van der Waals surface area (Å²) in [5.41, 5.74) is 0.594. The number of amides is 1. The van der Waals surface area contributed by atoms with Crippen LogP contribution >= 0.6 is 0 Å². The first kappa shape index (κ1) is 19.6. The number of anilines is 1. The lowest BCUT2D eigenvalue weighted by Gasteiger charge is -2.22. The Kier molecular flexibility index (Phi) is 6.14. The van der Waals surface area contributed by atoms with Crippen molar-refractivity contribution >= 4 is 11.9 Å². The number of carbonyl (C=O) groups excluding carboxylic acids is 1. The van der Waals surface area contributed by atoms with Gasteiger partial charge in [0.1, 0.15) is 5.69 Å². The smallest absolute Gasteiger partial charge is 0.395 e. The number of halogens is 3. The van der Waals surface area contributed by atoms with Gasteiger partial charge < -0.3 is 15.3 Å². The molecule has 0 radical (unpaired) electrons. The molecule has 0 saturated carbocycles. The molecule has 0 atom stereocenters. The van der Waals surface area contributed by atoms with Crippen LogP contribution in [0.15, 0.2) is 30.3 Å². The van der Waals surface area contributed by atoms with Crippen LogP contribution in [0.2, 0.25) is 0 Å². The van der Waals surface area contributed by atoms with Gasteiger partial charge in [-0.25, -0.2) is 9.97 Å². The van der Waals surface area contributed by atoms with Crippen LogP contribution in [0.3, 0.4) is 0 Å². The minimum absolute atomic E-state index is 0.164. The molecule has 1 aromatic carbocycles. The van der Waals surface area contributed by atoms with Gasteiger partial charge in [-0.1, -0.05) is 12.1 Å². The summed E-state index contributed by atoms with van der Waals surface area (Å²) in [6.07, 6.45) is -4.40. The maximum absolute atomic E-state index is 12.7. The van der Waals surface area contributed by atoms with Gasteiger partial charge >= 0.3 is 6.18 Å². The number of hydrogen-bond acceptors (Lipinski definition) is 5. The minimum atomic E-state index is -4.40. The van der Waals surface area contributed by atoms with Crippen molar-refractivity contribution in [1.82, 2.24) is 15.3 Å². The molecule has 0 saturated heterocycles. The fraction of sp³-hybridized carbons (Fsp3) is 0.353. The van der Waals surface area contributed by atoms with Crippen molar-refractivity contribution in [2.24, 2.45) is 0 Å². The third-order valence-corrected chi connectivity index (χ3v) is 3.61. The number of hydrogen-bond donors (Lipinski definition) is 2. The zero-order valence-corrected chi connectivity index (χ0v) is 14.3. The fourth-order valence-corrected chi connectivity index (χ4v) is 2.33. The summed E-state index contributed by atoms with van der Waals surface area (Å²) in [6.45, 7) is 1.85. The lowest BCUT2D eigenvalue weighted by Crippen LogP contribution is -2.29. The number of aromatic nitrogens is 2. The first-order valence-corrected chi connectivity index (χ1v) is 7.84. The summed E-state index contributed by atoms with van der Waals surface area (Å²) in [6, 6.07) is 6.25. The average Bonchev–Trinajstić information content (AvgIpc) is 2.59. The molecule has 2 N–H and O–H groups in total. The van der Waals surface area contributed by atoms with Crippen molar-refractivity contribution < 1.29 is 23.1 Å². The van der Waals surface area contributed by atoms with E-state index in [2.05, 4.69) is 15.3 Å². The van der Waals surface area contributed by atoms with Gasteiger partial charge in [-0.3, -0.25) is 4.79 Å². The molecule has 0 spiro atoms. The number of nitrogens with one attached hydrogen (secondary N) is 1. The van der Waals surface area contributed by atoms with E-state index in [1.165, 1.54) is 25.2 Å². The van der Waals surface area contributed by atoms with E-state index in [0.29, 0.717) is 11.3 Å². The molecular weight excluding hydrogens is 349 g/mol. The number of benzene rings is 1. The predicted molar refractivity (Wildman–Crippen MR) is 89.7 cm³/mol. The Balaban J connectivity index is 2.29. The summed E-state index contributed by atoms with van der Waals surface area (Å²) in [4.78, 5) is 21.9. The highest BCUT2D eigenvalue weighted by Gasteiger charge is 2.30. The van der Waals surface area contributed by atoms with Gasteiger partial charge in [0.25, 0.3) is 5.91 Å². The molecule has 2 aromatic rings. The van der Waals surface area contributed by atoms with Crippen LogP contribution in [-0.4, -0.2) is 41.2 Å². The third-order valence-electron chi connectivity index (χ3n) is 3.61. The molecule has 0 aliphatic rings. The highest BCUT2D eigenvalue weighted by atomic mass is 19.4. The summed E-state index contributed by atoms with van der Waals surface area (Å²) in [5, 5.41) is 11.8. The van der Waals surface area contributed by atoms with Crippen molar-refractivity contribution in [2.45, 2.75) is 19.6 Å². The molecule has 0 fully saturated rings. The maximum atomic E-state index is 12.7. The number of aliphatic hydroxyl groups is 1. The molecule has 1 amide bonds. The Bertz CT molecular complexity index is 764. The largest absolute Gasteiger partial charge is 0.416 e. The zero-order valence-electron chi connectivity index (χ0n) is 14.3. The number of alkyl halides is 3. The molecule has 0 bridgehead atoms. The van der Waals surface area contributed by atoms with E-state index in [4.69, 9.17) is 0 Å². The number of nitrogens with zero attached hydrogens (tertiary/aromatic N) is 3. The molecule has 6 nitrogen and oxygen atoms in total. The first-order valence-electron chi connectivity index (χ1n) is 7.84. The Hall–Kier alpha value is -2.68. The van der Waals surface area contributed by atoms with E-state index in [-0.39, 0.29) is 37.2 Å². The Morgan fingerprint density at radius 2 is 1.88 bits per heavy atom. The monoisotopic (exact) mass is 368 g/mol. The highest BCUT2D eigenvalue weighted by Crippen LogP contribution is 2.29. The summed E-state index contributed by atoms with van der Waals surface area (Å²) >= 11 is 0. The molecule has 1 aromatic heterocycles. The van der Waals surface area contributed by atoms with Gasteiger partial charge in [0.2, 0.25) is 5.95 Å². The van der Waals surface area contributed by atoms with E-state index in [1.807, 2.05) is 0 Å². The molecule has 140 valence electrons. The number of aliphatic hydroxyl groups excluding tert-OH is 1. The van der Waals surface area contributed by atoms with E-state index in [1.54, 1.807) is 11.8 Å². The van der Waals surface area contributed by atoms with E-state index >= 15 is 0 Å². The van der Waals surface area contributed by atoms with Crippen LogP contribution in [0, 0.1) is 6.92 Å². The van der Waals surface area contributed by atoms with Gasteiger partial charge in [0.05, 0.1) is 12.2 Å². The zero-order chi connectivity index (χ0) is 19.3. The van der Waals surface area contributed by atoms with Crippen LogP contribution in [-0.2, 0) is 12.7 Å². The van der Waals surface area contributed by atoms with E-state index < -0.39 is 11.7 Å². The highest BCUT2D eigenvalue weighted by molar-refractivity contribution is 5.92. The van der Waals surface area contributed by atoms with E-state index in [9.17, 15) is 23.1 Å². The summed E-state index contributed by atoms with van der Waals surface area (Å²) in [7, 11) is 1.48. The standard InChI is InChI=1S/C17H19F3N4O2/c1-11-9-14(15(26)21-2)23-16(22-11)24(7-8-25)10-12-3-5-13(6-4-12)17(18,19)20/h3-6,9,25H,7-8,10H2,1-2H3,(H,21,26). The van der Waals surface area contributed by atoms with E-state index in [0.717, 1.165) is 12.1 Å². The van der Waals surface area contributed by atoms with Gasteiger partial charge in [-0.05, 0) is 30.7 Å². The van der Waals surface area contributed by atoms with Crippen LogP contribution in [0.5, 0.6) is 0 Å². The van der Waals surface area contributed by atoms with Gasteiger partial charge in [-0.2, -0.15) is 13.2 Å². The quantitative estimate of drug-likeness (QED) is 0.817. The number of carbonyl (C=O) groups is 1. The molecular formula is C17H19F3N4O2. The van der Waals surface area contributed by atoms with Crippen molar-refractivity contribution in [3.05, 3.63) is 52.8 Å². The molecule has 2 rings (SSSR count). The Labute approximate surface area is 148 Å². The second-order valence-corrected chi connectivity index (χ2v) is 5.61. The molecule has 1 heterocycles. The fourth-order valence-electron chi connectivity index (χ4n) is 2.33. The van der Waals surface area contributed by atoms with Crippen LogP contribution in [0.1, 0.15) is 27.3 Å². The summed E-state index contributed by atoms with van der Waals surface area (Å²) in [5.74, 6) is -0.159. The Morgan fingerprint density at radius 1 is 1.23 bits per heavy atom. The Morgan fingerprint density at radius 3 is 2.42 bits per heavy atom. The second-order valence-electron chi connectivity index (χ2n) is 5.61. The maximum Gasteiger partial charge on any atom is 0.416 e. The number of rotatable bonds is 6. The lowest BCUT2D eigenvalue weighted by molar-refractivity contribution is -0.137. The van der Waals surface area contributed by atoms with Crippen molar-refractivity contribution in [1.29, 1.82) is 0 Å². The number of aryl methyl sites for hydroxylation is 1. The molecule has 9 heteroatoms. The van der Waals surface area contributed by atoms with Crippen molar-refractivity contribution in [3.63, 3.8) is 0 Å². The third kappa shape index (κ3) is 4.92. The first-order chi connectivity index (χ1) is 12.2. The van der Waals surface area contributed by atoms with Gasteiger partial charge in [-0.15, -0.1) is 0 Å². The van der Waals surface area contributed by atoms with Crippen molar-refractivity contribution in [2.75, 3.05) is 25.1 Å². The summed E-state index contributed by atoms with van der Waals surface area (Å²) < 4.78 is 38.0. The minimum Gasteiger partial charge on any atom is -0.395 e. The van der Waals surface area contributed by atoms with Crippen LogP contribution in [0.4, 0.5) is 19.1 Å². The molecule has 26 heavy (non-hydrogen) atoms. The molecule has 0 aliphatic heterocycles. The topological polar surface area (TPSA) is 78.4 Å². The van der Waals surface area contributed by atoms with Crippen LogP contribution in [0.25, 0.3) is 0 Å².